The Morgan fingerprint density at radius 1 is 1.00 bits per heavy atom. The first-order valence-electron chi connectivity index (χ1n) is 1.89. The number of hydrogen-bond acceptors (Lipinski definition) is 0. The van der Waals surface area contributed by atoms with Crippen LogP contribution in [0.1, 0.15) is 0 Å². The molecule has 0 rings (SSSR count). The molecular formula is C4HClF6. The summed E-state index contributed by atoms with van der Waals surface area (Å²) in [7, 11) is 0. The summed E-state index contributed by atoms with van der Waals surface area (Å²) in [5.41, 5.74) is 0. The summed E-state index contributed by atoms with van der Waals surface area (Å²) in [6.45, 7) is 0. The van der Waals surface area contributed by atoms with Gasteiger partial charge in [0.1, 0.15) is 0 Å². The number of rotatable bonds is 0. The lowest BCUT2D eigenvalue weighted by Crippen LogP contribution is -1.54. The largest absolute Gasteiger partial charge is 0.317 e. The zero-order chi connectivity index (χ0) is 9.44. The molecule has 0 aromatic carbocycles. The molecule has 0 N–H and O–H groups in total. The first kappa shape index (κ1) is 13.0. The number of hydrogen-bond donors (Lipinski definition) is 0. The van der Waals surface area contributed by atoms with E-state index in [0.717, 1.165) is 0 Å². The van der Waals surface area contributed by atoms with E-state index < -0.39 is 23.8 Å². The lowest BCUT2D eigenvalue weighted by atomic mass is 11.1. The van der Waals surface area contributed by atoms with E-state index in [9.17, 15) is 26.3 Å². The van der Waals surface area contributed by atoms with Crippen molar-refractivity contribution < 1.29 is 26.3 Å². The van der Waals surface area contributed by atoms with Crippen molar-refractivity contribution in [3.63, 3.8) is 0 Å². The summed E-state index contributed by atoms with van der Waals surface area (Å²) in [5.74, 6) is 0. The average molecular weight is 198 g/mol. The molecule has 0 aliphatic carbocycles. The molecule has 0 aromatic heterocycles. The van der Waals surface area contributed by atoms with Crippen molar-refractivity contribution in [1.82, 2.24) is 0 Å². The van der Waals surface area contributed by atoms with Gasteiger partial charge in [-0.3, -0.25) is 0 Å². The molecule has 0 unspecified atom stereocenters. The third-order valence-electron chi connectivity index (χ3n) is 0.225. The number of halogens is 7. The van der Waals surface area contributed by atoms with E-state index >= 15 is 0 Å². The van der Waals surface area contributed by atoms with Crippen molar-refractivity contribution in [2.24, 2.45) is 0 Å². The maximum absolute atomic E-state index is 10.7. The van der Waals surface area contributed by atoms with Crippen LogP contribution < -0.4 is 0 Å². The van der Waals surface area contributed by atoms with Crippen LogP contribution in [0.5, 0.6) is 0 Å². The smallest absolute Gasteiger partial charge is 0.210 e. The van der Waals surface area contributed by atoms with Gasteiger partial charge in [-0.25, -0.2) is 4.39 Å². The first-order chi connectivity index (χ1) is 4.91. The highest BCUT2D eigenvalue weighted by atomic mass is 35.5. The molecule has 0 radical (unpaired) electrons. The van der Waals surface area contributed by atoms with E-state index in [2.05, 4.69) is 11.6 Å². The first-order valence-corrected chi connectivity index (χ1v) is 2.27. The van der Waals surface area contributed by atoms with Crippen LogP contribution in [-0.2, 0) is 0 Å². The summed E-state index contributed by atoms with van der Waals surface area (Å²) >= 11 is 4.08. The van der Waals surface area contributed by atoms with Gasteiger partial charge in [-0.1, -0.05) is 0 Å². The van der Waals surface area contributed by atoms with E-state index in [4.69, 9.17) is 0 Å². The second kappa shape index (κ2) is 7.46. The SMILES string of the molecule is FC(F)=C(F)Cl.FC=C(F)F. The molecule has 0 fully saturated rings. The van der Waals surface area contributed by atoms with Crippen molar-refractivity contribution in [1.29, 1.82) is 0 Å². The normalized spacial score (nSPS) is 7.55. The van der Waals surface area contributed by atoms with Gasteiger partial charge in [0.2, 0.25) is 0 Å². The van der Waals surface area contributed by atoms with E-state index in [1.807, 2.05) is 0 Å². The second-order valence-corrected chi connectivity index (χ2v) is 1.25. The van der Waals surface area contributed by atoms with E-state index in [1.54, 1.807) is 0 Å². The quantitative estimate of drug-likeness (QED) is 0.517. The van der Waals surface area contributed by atoms with Crippen molar-refractivity contribution in [2.75, 3.05) is 0 Å². The van der Waals surface area contributed by atoms with Crippen LogP contribution in [0.25, 0.3) is 0 Å². The predicted molar refractivity (Wildman–Crippen MR) is 27.6 cm³/mol. The topological polar surface area (TPSA) is 0 Å². The molecule has 0 saturated carbocycles. The Hall–Kier alpha value is -0.650. The fourth-order valence-electron chi connectivity index (χ4n) is 0. The standard InChI is InChI=1S/C2ClF3.C2HF3/c3-1(4)2(5)6;3-1-2(4)5/h;1H. The molecule has 7 heteroatoms. The van der Waals surface area contributed by atoms with Gasteiger partial charge in [-0.05, 0) is 11.6 Å². The summed E-state index contributed by atoms with van der Waals surface area (Å²) < 4.78 is 62.5. The van der Waals surface area contributed by atoms with Crippen LogP contribution in [0.3, 0.4) is 0 Å². The molecule has 0 heterocycles. The third kappa shape index (κ3) is 17.6. The maximum Gasteiger partial charge on any atom is 0.317 e. The molecule has 0 atom stereocenters. The van der Waals surface area contributed by atoms with E-state index in [-0.39, 0.29) is 0 Å². The molecule has 66 valence electrons. The lowest BCUT2D eigenvalue weighted by molar-refractivity contribution is 0.393. The van der Waals surface area contributed by atoms with Gasteiger partial charge in [0.05, 0.1) is 0 Å². The molecule has 0 amide bonds. The Balaban J connectivity index is 0. The molecule has 0 nitrogen and oxygen atoms in total. The van der Waals surface area contributed by atoms with E-state index in [1.165, 1.54) is 0 Å². The van der Waals surface area contributed by atoms with Gasteiger partial charge in [0, 0.05) is 0 Å². The van der Waals surface area contributed by atoms with Crippen molar-refractivity contribution in [2.45, 2.75) is 0 Å². The summed E-state index contributed by atoms with van der Waals surface area (Å²) in [4.78, 5) is 0. The Kier molecular flexibility index (Phi) is 8.80. The molecule has 11 heavy (non-hydrogen) atoms. The van der Waals surface area contributed by atoms with Crippen LogP contribution in [0.15, 0.2) is 23.8 Å². The Labute approximate surface area is 62.8 Å². The van der Waals surface area contributed by atoms with Crippen molar-refractivity contribution in [3.8, 4) is 0 Å². The van der Waals surface area contributed by atoms with Crippen molar-refractivity contribution >= 4 is 11.6 Å². The van der Waals surface area contributed by atoms with E-state index in [0.29, 0.717) is 0 Å². The molecule has 0 saturated heterocycles. The Morgan fingerprint density at radius 2 is 1.18 bits per heavy atom. The van der Waals surface area contributed by atoms with Gasteiger partial charge >= 0.3 is 6.08 Å². The van der Waals surface area contributed by atoms with Gasteiger partial charge in [-0.15, -0.1) is 0 Å². The lowest BCUT2D eigenvalue weighted by Gasteiger charge is -1.70. The molecule has 0 aliphatic heterocycles. The fraction of sp³-hybridized carbons (Fsp3) is 0. The van der Waals surface area contributed by atoms with Crippen LogP contribution >= 0.6 is 11.6 Å². The summed E-state index contributed by atoms with van der Waals surface area (Å²) in [6, 6.07) is 0. The highest BCUT2D eigenvalue weighted by Crippen LogP contribution is 2.11. The second-order valence-electron chi connectivity index (χ2n) is 0.920. The minimum Gasteiger partial charge on any atom is -0.210 e. The highest BCUT2D eigenvalue weighted by Gasteiger charge is 1.95. The zero-order valence-corrected chi connectivity index (χ0v) is 5.48. The Morgan fingerprint density at radius 3 is 1.18 bits per heavy atom. The summed E-state index contributed by atoms with van der Waals surface area (Å²) in [5, 5.41) is -1.94. The van der Waals surface area contributed by atoms with Gasteiger partial charge in [0.15, 0.2) is 6.33 Å². The monoisotopic (exact) mass is 198 g/mol. The fourth-order valence-corrected chi connectivity index (χ4v) is 0. The minimum atomic E-state index is -2.48. The van der Waals surface area contributed by atoms with Crippen LogP contribution in [0.4, 0.5) is 26.3 Å². The highest BCUT2D eigenvalue weighted by molar-refractivity contribution is 6.28. The molecule has 0 spiro atoms. The van der Waals surface area contributed by atoms with Crippen LogP contribution in [0.2, 0.25) is 0 Å². The van der Waals surface area contributed by atoms with Crippen LogP contribution in [-0.4, -0.2) is 0 Å². The predicted octanol–water partition coefficient (Wildman–Crippen LogP) is 3.95. The van der Waals surface area contributed by atoms with Crippen molar-refractivity contribution in [3.05, 3.63) is 23.8 Å². The summed E-state index contributed by atoms with van der Waals surface area (Å²) in [6.07, 6.45) is -5.51. The van der Waals surface area contributed by atoms with Gasteiger partial charge in [-0.2, -0.15) is 22.0 Å². The maximum atomic E-state index is 10.7. The molecular weight excluding hydrogens is 197 g/mol. The molecule has 0 aliphatic rings. The molecule has 0 aromatic rings. The average Bonchev–Trinajstić information content (AvgIpc) is 1.89. The zero-order valence-electron chi connectivity index (χ0n) is 4.72. The Bertz CT molecular complexity index is 140. The third-order valence-corrected chi connectivity index (χ3v) is 0.368. The minimum absolute atomic E-state index is 0.750. The van der Waals surface area contributed by atoms with Gasteiger partial charge in [0.25, 0.3) is 11.4 Å². The van der Waals surface area contributed by atoms with Gasteiger partial charge < -0.3 is 0 Å². The van der Waals surface area contributed by atoms with Crippen LogP contribution in [0, 0.1) is 0 Å². The molecule has 0 bridgehead atoms.